The van der Waals surface area contributed by atoms with Crippen LogP contribution in [0.1, 0.15) is 10.4 Å². The van der Waals surface area contributed by atoms with Gasteiger partial charge in [0.1, 0.15) is 5.82 Å². The predicted molar refractivity (Wildman–Crippen MR) is 48.9 cm³/mol. The number of amides is 1. The predicted octanol–water partition coefficient (Wildman–Crippen LogP) is 0.485. The summed E-state index contributed by atoms with van der Waals surface area (Å²) < 4.78 is 0. The lowest BCUT2D eigenvalue weighted by Crippen LogP contribution is -2.13. The van der Waals surface area contributed by atoms with Crippen molar-refractivity contribution in [3.05, 3.63) is 17.8 Å². The first-order valence-corrected chi connectivity index (χ1v) is 4.47. The number of thioether (sulfide) groups is 1. The summed E-state index contributed by atoms with van der Waals surface area (Å²) in [4.78, 5) is 15.4. The minimum absolute atomic E-state index is 0.307. The van der Waals surface area contributed by atoms with Gasteiger partial charge in [-0.25, -0.2) is 4.98 Å². The summed E-state index contributed by atoms with van der Waals surface area (Å²) in [5.74, 6) is -0.171. The van der Waals surface area contributed by atoms with Gasteiger partial charge in [-0.3, -0.25) is 4.79 Å². The lowest BCUT2D eigenvalue weighted by molar-refractivity contribution is 0.0997. The minimum Gasteiger partial charge on any atom is -0.384 e. The maximum absolute atomic E-state index is 10.9. The molecule has 1 amide bonds. The fraction of sp³-hybridized carbons (Fsp3) is 0.143. The van der Waals surface area contributed by atoms with Gasteiger partial charge in [0.15, 0.2) is 0 Å². The molecule has 0 bridgehead atoms. The van der Waals surface area contributed by atoms with E-state index < -0.39 is 5.91 Å². The quantitative estimate of drug-likeness (QED) is 0.653. The van der Waals surface area contributed by atoms with Crippen LogP contribution in [0.25, 0.3) is 0 Å². The number of anilines is 1. The van der Waals surface area contributed by atoms with Crippen molar-refractivity contribution in [1.29, 1.82) is 0 Å². The number of pyridine rings is 1. The molecule has 12 heavy (non-hydrogen) atoms. The van der Waals surface area contributed by atoms with E-state index in [2.05, 4.69) is 4.98 Å². The van der Waals surface area contributed by atoms with Gasteiger partial charge < -0.3 is 11.5 Å². The monoisotopic (exact) mass is 183 g/mol. The fourth-order valence-corrected chi connectivity index (χ4v) is 1.35. The Kier molecular flexibility index (Phi) is 2.54. The van der Waals surface area contributed by atoms with Gasteiger partial charge in [0.2, 0.25) is 5.91 Å². The zero-order chi connectivity index (χ0) is 9.14. The van der Waals surface area contributed by atoms with Crippen LogP contribution in [0.5, 0.6) is 0 Å². The molecular formula is C7H9N3OS. The Balaban J connectivity index is 3.21. The molecule has 4 nitrogen and oxygen atoms in total. The highest BCUT2D eigenvalue weighted by Crippen LogP contribution is 2.19. The Bertz CT molecular complexity index is 314. The van der Waals surface area contributed by atoms with Crippen molar-refractivity contribution >= 4 is 23.5 Å². The van der Waals surface area contributed by atoms with Crippen molar-refractivity contribution in [3.63, 3.8) is 0 Å². The molecule has 0 aliphatic rings. The summed E-state index contributed by atoms with van der Waals surface area (Å²) in [6, 6.07) is 1.48. The summed E-state index contributed by atoms with van der Waals surface area (Å²) in [5, 5.41) is 0. The Morgan fingerprint density at radius 2 is 2.33 bits per heavy atom. The van der Waals surface area contributed by atoms with Crippen LogP contribution in [0.4, 0.5) is 5.82 Å². The van der Waals surface area contributed by atoms with E-state index >= 15 is 0 Å². The van der Waals surface area contributed by atoms with E-state index in [4.69, 9.17) is 11.5 Å². The van der Waals surface area contributed by atoms with Gasteiger partial charge in [0.25, 0.3) is 0 Å². The number of hydrogen-bond donors (Lipinski definition) is 2. The number of rotatable bonds is 2. The van der Waals surface area contributed by atoms with E-state index in [9.17, 15) is 4.79 Å². The molecule has 0 aromatic carbocycles. The first-order chi connectivity index (χ1) is 5.65. The molecule has 0 radical (unpaired) electrons. The summed E-state index contributed by atoms with van der Waals surface area (Å²) in [7, 11) is 0. The van der Waals surface area contributed by atoms with Crippen LogP contribution in [0.3, 0.4) is 0 Å². The van der Waals surface area contributed by atoms with Gasteiger partial charge in [0.05, 0.1) is 5.56 Å². The van der Waals surface area contributed by atoms with Gasteiger partial charge in [-0.2, -0.15) is 0 Å². The van der Waals surface area contributed by atoms with E-state index in [0.717, 1.165) is 4.90 Å². The zero-order valence-corrected chi connectivity index (χ0v) is 7.39. The summed E-state index contributed by atoms with van der Waals surface area (Å²) in [5.41, 5.74) is 10.9. The number of aromatic nitrogens is 1. The smallest absolute Gasteiger partial charge is 0.250 e. The van der Waals surface area contributed by atoms with Crippen LogP contribution < -0.4 is 11.5 Å². The molecule has 0 atom stereocenters. The maximum atomic E-state index is 10.9. The van der Waals surface area contributed by atoms with Crippen LogP contribution in [-0.2, 0) is 0 Å². The van der Waals surface area contributed by atoms with Gasteiger partial charge in [-0.1, -0.05) is 0 Å². The summed E-state index contributed by atoms with van der Waals surface area (Å²) >= 11 is 1.41. The van der Waals surface area contributed by atoms with Crippen molar-refractivity contribution < 1.29 is 4.79 Å². The first-order valence-electron chi connectivity index (χ1n) is 3.24. The van der Waals surface area contributed by atoms with E-state index in [0.29, 0.717) is 11.4 Å². The highest BCUT2D eigenvalue weighted by atomic mass is 32.2. The average molecular weight is 183 g/mol. The van der Waals surface area contributed by atoms with Gasteiger partial charge >= 0.3 is 0 Å². The zero-order valence-electron chi connectivity index (χ0n) is 6.57. The number of nitrogens with two attached hydrogens (primary N) is 2. The Morgan fingerprint density at radius 1 is 1.67 bits per heavy atom. The topological polar surface area (TPSA) is 82.0 Å². The molecule has 0 spiro atoms. The third-order valence-corrected chi connectivity index (χ3v) is 2.14. The minimum atomic E-state index is -0.478. The molecule has 1 aromatic rings. The van der Waals surface area contributed by atoms with Crippen molar-refractivity contribution in [2.24, 2.45) is 5.73 Å². The van der Waals surface area contributed by atoms with Gasteiger partial charge in [-0.15, -0.1) is 11.8 Å². The van der Waals surface area contributed by atoms with E-state index in [1.54, 1.807) is 6.20 Å². The molecule has 0 saturated heterocycles. The normalized spacial score (nSPS) is 9.75. The molecule has 0 aliphatic heterocycles. The van der Waals surface area contributed by atoms with Crippen LogP contribution in [-0.4, -0.2) is 17.1 Å². The number of carbonyl (C=O) groups is 1. The van der Waals surface area contributed by atoms with Crippen molar-refractivity contribution in [2.75, 3.05) is 12.0 Å². The lowest BCUT2D eigenvalue weighted by Gasteiger charge is -2.02. The molecule has 4 N–H and O–H groups in total. The largest absolute Gasteiger partial charge is 0.384 e. The number of nitrogen functional groups attached to an aromatic ring is 1. The Morgan fingerprint density at radius 3 is 2.83 bits per heavy atom. The molecule has 1 rings (SSSR count). The molecule has 1 aromatic heterocycles. The number of primary amides is 1. The Hall–Kier alpha value is -1.23. The van der Waals surface area contributed by atoms with Crippen molar-refractivity contribution in [2.45, 2.75) is 4.90 Å². The number of nitrogens with zero attached hydrogens (tertiary/aromatic N) is 1. The molecular weight excluding hydrogens is 174 g/mol. The first kappa shape index (κ1) is 8.86. The van der Waals surface area contributed by atoms with Crippen LogP contribution in [0.15, 0.2) is 17.2 Å². The standard InChI is InChI=1S/C7H9N3OS/c1-12-5-3-10-6(8)2-4(5)7(9)11/h2-3H,1H3,(H2,8,10)(H2,9,11). The maximum Gasteiger partial charge on any atom is 0.250 e. The van der Waals surface area contributed by atoms with Crippen LogP contribution >= 0.6 is 11.8 Å². The van der Waals surface area contributed by atoms with Crippen molar-refractivity contribution in [3.8, 4) is 0 Å². The summed E-state index contributed by atoms with van der Waals surface area (Å²) in [6.07, 6.45) is 3.39. The third kappa shape index (κ3) is 1.68. The van der Waals surface area contributed by atoms with Crippen LogP contribution in [0, 0.1) is 0 Å². The van der Waals surface area contributed by atoms with E-state index in [-0.39, 0.29) is 0 Å². The SMILES string of the molecule is CSc1cnc(N)cc1C(N)=O. The third-order valence-electron chi connectivity index (χ3n) is 1.37. The molecule has 1 heterocycles. The Labute approximate surface area is 74.3 Å². The fourth-order valence-electron chi connectivity index (χ4n) is 0.814. The molecule has 0 saturated carbocycles. The molecule has 0 fully saturated rings. The molecule has 0 aliphatic carbocycles. The van der Waals surface area contributed by atoms with Gasteiger partial charge in [0, 0.05) is 11.1 Å². The summed E-state index contributed by atoms with van der Waals surface area (Å²) in [6.45, 7) is 0. The second kappa shape index (κ2) is 3.44. The molecule has 64 valence electrons. The second-order valence-electron chi connectivity index (χ2n) is 2.17. The van der Waals surface area contributed by atoms with E-state index in [1.807, 2.05) is 6.26 Å². The van der Waals surface area contributed by atoms with E-state index in [1.165, 1.54) is 17.8 Å². The molecule has 0 unspecified atom stereocenters. The van der Waals surface area contributed by atoms with Gasteiger partial charge in [-0.05, 0) is 12.3 Å². The average Bonchev–Trinajstić information content (AvgIpc) is 2.04. The van der Waals surface area contributed by atoms with Crippen molar-refractivity contribution in [1.82, 2.24) is 4.98 Å². The molecule has 5 heteroatoms. The highest BCUT2D eigenvalue weighted by Gasteiger charge is 2.07. The number of hydrogen-bond acceptors (Lipinski definition) is 4. The highest BCUT2D eigenvalue weighted by molar-refractivity contribution is 7.98. The lowest BCUT2D eigenvalue weighted by atomic mass is 10.2. The number of carbonyl (C=O) groups excluding carboxylic acids is 1. The second-order valence-corrected chi connectivity index (χ2v) is 3.02. The van der Waals surface area contributed by atoms with Crippen LogP contribution in [0.2, 0.25) is 0 Å².